The molecule has 3 nitrogen and oxygen atoms in total. The van der Waals surface area contributed by atoms with Crippen molar-refractivity contribution < 1.29 is 9.47 Å². The fourth-order valence-electron chi connectivity index (χ4n) is 1.80. The van der Waals surface area contributed by atoms with Crippen LogP contribution in [0, 0.1) is 6.92 Å². The zero-order valence-electron chi connectivity index (χ0n) is 9.46. The first-order valence-corrected chi connectivity index (χ1v) is 5.13. The van der Waals surface area contributed by atoms with Crippen molar-refractivity contribution in [2.24, 2.45) is 5.73 Å². The van der Waals surface area contributed by atoms with Crippen molar-refractivity contribution in [2.45, 2.75) is 25.3 Å². The van der Waals surface area contributed by atoms with E-state index >= 15 is 0 Å². The highest BCUT2D eigenvalue weighted by molar-refractivity contribution is 5.50. The molecule has 1 fully saturated rings. The molecule has 2 rings (SSSR count). The monoisotopic (exact) mass is 207 g/mol. The Kier molecular flexibility index (Phi) is 2.35. The lowest BCUT2D eigenvalue weighted by Gasteiger charge is -2.15. The summed E-state index contributed by atoms with van der Waals surface area (Å²) in [4.78, 5) is 0. The molecule has 2 N–H and O–H groups in total. The minimum Gasteiger partial charge on any atom is -0.496 e. The summed E-state index contributed by atoms with van der Waals surface area (Å²) in [6.07, 6.45) is 2.09. The van der Waals surface area contributed by atoms with Gasteiger partial charge in [-0.25, -0.2) is 0 Å². The second kappa shape index (κ2) is 3.42. The maximum Gasteiger partial charge on any atom is 0.125 e. The second-order valence-corrected chi connectivity index (χ2v) is 4.16. The summed E-state index contributed by atoms with van der Waals surface area (Å²) in [6, 6.07) is 4.04. The summed E-state index contributed by atoms with van der Waals surface area (Å²) in [5.74, 6) is 1.70. The first kappa shape index (κ1) is 10.3. The molecule has 1 aromatic rings. The van der Waals surface area contributed by atoms with Crippen LogP contribution in [-0.4, -0.2) is 14.2 Å². The summed E-state index contributed by atoms with van der Waals surface area (Å²) < 4.78 is 10.6. The zero-order chi connectivity index (χ0) is 11.1. The number of methoxy groups -OCH3 is 2. The van der Waals surface area contributed by atoms with Gasteiger partial charge >= 0.3 is 0 Å². The van der Waals surface area contributed by atoms with Crippen molar-refractivity contribution in [3.05, 3.63) is 23.3 Å². The second-order valence-electron chi connectivity index (χ2n) is 4.16. The van der Waals surface area contributed by atoms with Crippen molar-refractivity contribution in [2.75, 3.05) is 14.2 Å². The number of hydrogen-bond donors (Lipinski definition) is 1. The molecular weight excluding hydrogens is 190 g/mol. The van der Waals surface area contributed by atoms with Crippen LogP contribution in [-0.2, 0) is 5.54 Å². The first-order chi connectivity index (χ1) is 7.10. The van der Waals surface area contributed by atoms with Crippen molar-refractivity contribution in [3.8, 4) is 11.5 Å². The van der Waals surface area contributed by atoms with Crippen molar-refractivity contribution in [1.29, 1.82) is 0 Å². The maximum atomic E-state index is 6.15. The summed E-state index contributed by atoms with van der Waals surface area (Å²) in [5.41, 5.74) is 8.14. The third-order valence-electron chi connectivity index (χ3n) is 3.12. The first-order valence-electron chi connectivity index (χ1n) is 5.13. The van der Waals surface area contributed by atoms with Gasteiger partial charge < -0.3 is 15.2 Å². The third-order valence-corrected chi connectivity index (χ3v) is 3.12. The molecule has 0 saturated heterocycles. The van der Waals surface area contributed by atoms with Gasteiger partial charge in [0.05, 0.1) is 14.2 Å². The van der Waals surface area contributed by atoms with E-state index in [-0.39, 0.29) is 5.54 Å². The molecule has 1 aromatic carbocycles. The molecule has 3 heteroatoms. The summed E-state index contributed by atoms with van der Waals surface area (Å²) >= 11 is 0. The molecule has 0 unspecified atom stereocenters. The van der Waals surface area contributed by atoms with Gasteiger partial charge in [0.25, 0.3) is 0 Å². The minimum atomic E-state index is -0.145. The summed E-state index contributed by atoms with van der Waals surface area (Å²) in [6.45, 7) is 1.98. The minimum absolute atomic E-state index is 0.145. The van der Waals surface area contributed by atoms with Gasteiger partial charge in [-0.2, -0.15) is 0 Å². The quantitative estimate of drug-likeness (QED) is 0.824. The Balaban J connectivity index is 2.49. The zero-order valence-corrected chi connectivity index (χ0v) is 9.46. The van der Waals surface area contributed by atoms with Gasteiger partial charge in [-0.15, -0.1) is 0 Å². The normalized spacial score (nSPS) is 17.3. The van der Waals surface area contributed by atoms with Gasteiger partial charge in [0, 0.05) is 11.1 Å². The molecule has 0 bridgehead atoms. The van der Waals surface area contributed by atoms with E-state index in [1.54, 1.807) is 14.2 Å². The highest BCUT2D eigenvalue weighted by atomic mass is 16.5. The molecular formula is C12H17NO2. The lowest BCUT2D eigenvalue weighted by atomic mass is 10.0. The number of hydrogen-bond acceptors (Lipinski definition) is 3. The molecule has 82 valence electrons. The Bertz CT molecular complexity index is 358. The largest absolute Gasteiger partial charge is 0.496 e. The van der Waals surface area contributed by atoms with Crippen molar-refractivity contribution in [1.82, 2.24) is 0 Å². The number of ether oxygens (including phenoxy) is 2. The lowest BCUT2D eigenvalue weighted by molar-refractivity contribution is 0.387. The Morgan fingerprint density at radius 2 is 1.60 bits per heavy atom. The van der Waals surface area contributed by atoms with E-state index < -0.39 is 0 Å². The Hall–Kier alpha value is -1.22. The molecule has 15 heavy (non-hydrogen) atoms. The predicted molar refractivity (Wildman–Crippen MR) is 59.4 cm³/mol. The predicted octanol–water partition coefficient (Wildman–Crippen LogP) is 1.96. The van der Waals surface area contributed by atoms with Crippen LogP contribution in [0.4, 0.5) is 0 Å². The molecule has 0 amide bonds. The average Bonchev–Trinajstić information content (AvgIpc) is 2.98. The van der Waals surface area contributed by atoms with E-state index in [0.717, 1.165) is 35.5 Å². The van der Waals surface area contributed by atoms with Crippen molar-refractivity contribution in [3.63, 3.8) is 0 Å². The van der Waals surface area contributed by atoms with E-state index in [2.05, 4.69) is 0 Å². The third kappa shape index (κ3) is 1.67. The highest BCUT2D eigenvalue weighted by Gasteiger charge is 2.40. The molecule has 0 aliphatic heterocycles. The highest BCUT2D eigenvalue weighted by Crippen LogP contribution is 2.45. The van der Waals surface area contributed by atoms with Crippen LogP contribution in [0.15, 0.2) is 12.1 Å². The van der Waals surface area contributed by atoms with Gasteiger partial charge in [-0.1, -0.05) is 0 Å². The molecule has 1 saturated carbocycles. The Labute approximate surface area is 90.2 Å². The van der Waals surface area contributed by atoms with Gasteiger partial charge in [-0.3, -0.25) is 0 Å². The lowest BCUT2D eigenvalue weighted by Crippen LogP contribution is -2.18. The fourth-order valence-corrected chi connectivity index (χ4v) is 1.80. The van der Waals surface area contributed by atoms with Gasteiger partial charge in [-0.05, 0) is 37.5 Å². The van der Waals surface area contributed by atoms with Crippen LogP contribution in [0.1, 0.15) is 24.0 Å². The van der Waals surface area contributed by atoms with Crippen LogP contribution < -0.4 is 15.2 Å². The standard InChI is InChI=1S/C12H17NO2/c1-8-10(14-2)6-9(7-11(8)15-3)12(13)4-5-12/h6-7H,4-5,13H2,1-3H3. The molecule has 0 atom stereocenters. The molecule has 0 spiro atoms. The average molecular weight is 207 g/mol. The number of rotatable bonds is 3. The van der Waals surface area contributed by atoms with Gasteiger partial charge in [0.2, 0.25) is 0 Å². The summed E-state index contributed by atoms with van der Waals surface area (Å²) in [7, 11) is 3.34. The topological polar surface area (TPSA) is 44.5 Å². The number of benzene rings is 1. The van der Waals surface area contributed by atoms with Gasteiger partial charge in [0.1, 0.15) is 11.5 Å². The van der Waals surface area contributed by atoms with Crippen LogP contribution in [0.5, 0.6) is 11.5 Å². The van der Waals surface area contributed by atoms with Gasteiger partial charge in [0.15, 0.2) is 0 Å². The fraction of sp³-hybridized carbons (Fsp3) is 0.500. The number of nitrogens with two attached hydrogens (primary N) is 1. The molecule has 0 radical (unpaired) electrons. The summed E-state index contributed by atoms with van der Waals surface area (Å²) in [5, 5.41) is 0. The van der Waals surface area contributed by atoms with E-state index in [1.807, 2.05) is 19.1 Å². The Morgan fingerprint density at radius 1 is 1.13 bits per heavy atom. The maximum absolute atomic E-state index is 6.15. The Morgan fingerprint density at radius 3 is 1.93 bits per heavy atom. The SMILES string of the molecule is COc1cc(C2(N)CC2)cc(OC)c1C. The van der Waals surface area contributed by atoms with Crippen LogP contribution >= 0.6 is 0 Å². The molecule has 1 aliphatic carbocycles. The van der Waals surface area contributed by atoms with E-state index in [1.165, 1.54) is 0 Å². The smallest absolute Gasteiger partial charge is 0.125 e. The van der Waals surface area contributed by atoms with E-state index in [0.29, 0.717) is 0 Å². The van der Waals surface area contributed by atoms with Crippen LogP contribution in [0.25, 0.3) is 0 Å². The molecule has 0 heterocycles. The molecule has 0 aromatic heterocycles. The van der Waals surface area contributed by atoms with Crippen LogP contribution in [0.3, 0.4) is 0 Å². The van der Waals surface area contributed by atoms with E-state index in [4.69, 9.17) is 15.2 Å². The van der Waals surface area contributed by atoms with E-state index in [9.17, 15) is 0 Å². The van der Waals surface area contributed by atoms with Crippen LogP contribution in [0.2, 0.25) is 0 Å². The van der Waals surface area contributed by atoms with Crippen molar-refractivity contribution >= 4 is 0 Å². The molecule has 1 aliphatic rings.